The van der Waals surface area contributed by atoms with E-state index in [0.717, 1.165) is 0 Å². The van der Waals surface area contributed by atoms with Crippen molar-refractivity contribution in [1.29, 1.82) is 0 Å². The molecule has 2 aromatic heterocycles. The molecule has 2 heterocycles. The number of aromatic amines is 1. The lowest BCUT2D eigenvalue weighted by Crippen LogP contribution is -2.42. The molecule has 0 saturated heterocycles. The Kier molecular flexibility index (Phi) is 3.73. The maximum atomic E-state index is 11.8. The van der Waals surface area contributed by atoms with Crippen LogP contribution in [0.3, 0.4) is 0 Å². The predicted molar refractivity (Wildman–Crippen MR) is 65.5 cm³/mol. The van der Waals surface area contributed by atoms with E-state index >= 15 is 0 Å². The molecule has 0 fully saturated rings. The molecule has 7 heteroatoms. The minimum absolute atomic E-state index is 0.172. The number of nitrogens with zero attached hydrogens (tertiary/aromatic N) is 1. The van der Waals surface area contributed by atoms with Crippen molar-refractivity contribution in [1.82, 2.24) is 15.3 Å². The summed E-state index contributed by atoms with van der Waals surface area (Å²) in [6.07, 6.45) is 3.17. The van der Waals surface area contributed by atoms with Gasteiger partial charge < -0.3 is 15.4 Å². The van der Waals surface area contributed by atoms with Gasteiger partial charge in [0.1, 0.15) is 6.04 Å². The number of aliphatic carboxylic acids is 1. The molecule has 2 rings (SSSR count). The van der Waals surface area contributed by atoms with Gasteiger partial charge in [-0.15, -0.1) is 0 Å². The van der Waals surface area contributed by atoms with E-state index in [1.54, 1.807) is 16.8 Å². The van der Waals surface area contributed by atoms with Crippen LogP contribution in [0.1, 0.15) is 16.1 Å². The number of carboxylic acids is 1. The number of rotatable bonds is 5. The van der Waals surface area contributed by atoms with Crippen molar-refractivity contribution in [3.05, 3.63) is 40.6 Å². The summed E-state index contributed by atoms with van der Waals surface area (Å²) in [5, 5.41) is 15.0. The summed E-state index contributed by atoms with van der Waals surface area (Å²) in [6, 6.07) is 0.674. The van der Waals surface area contributed by atoms with Crippen LogP contribution >= 0.6 is 11.3 Å². The van der Waals surface area contributed by atoms with Gasteiger partial charge in [-0.1, -0.05) is 0 Å². The van der Waals surface area contributed by atoms with E-state index in [9.17, 15) is 9.59 Å². The smallest absolute Gasteiger partial charge is 0.326 e. The number of thiophene rings is 1. The first-order chi connectivity index (χ1) is 8.66. The number of carbonyl (C=O) groups excluding carboxylic acids is 1. The number of hydrogen-bond donors (Lipinski definition) is 3. The molecule has 0 aromatic carbocycles. The van der Waals surface area contributed by atoms with E-state index < -0.39 is 12.0 Å². The van der Waals surface area contributed by atoms with Gasteiger partial charge in [0.05, 0.1) is 11.9 Å². The lowest BCUT2D eigenvalue weighted by Gasteiger charge is -2.12. The van der Waals surface area contributed by atoms with Crippen molar-refractivity contribution in [3.63, 3.8) is 0 Å². The van der Waals surface area contributed by atoms with Gasteiger partial charge in [0, 0.05) is 23.7 Å². The van der Waals surface area contributed by atoms with E-state index in [0.29, 0.717) is 11.3 Å². The maximum Gasteiger partial charge on any atom is 0.326 e. The Labute approximate surface area is 107 Å². The normalized spacial score (nSPS) is 12.0. The van der Waals surface area contributed by atoms with Crippen LogP contribution in [0.4, 0.5) is 0 Å². The molecule has 0 aliphatic rings. The van der Waals surface area contributed by atoms with Gasteiger partial charge in [0.15, 0.2) is 0 Å². The highest BCUT2D eigenvalue weighted by Crippen LogP contribution is 2.07. The molecule has 0 spiro atoms. The van der Waals surface area contributed by atoms with E-state index in [4.69, 9.17) is 5.11 Å². The van der Waals surface area contributed by atoms with Gasteiger partial charge in [-0.25, -0.2) is 9.78 Å². The van der Waals surface area contributed by atoms with Crippen LogP contribution in [-0.4, -0.2) is 33.0 Å². The molecular weight excluding hydrogens is 254 g/mol. The molecule has 2 aromatic rings. The molecule has 1 atom stereocenters. The lowest BCUT2D eigenvalue weighted by molar-refractivity contribution is -0.139. The number of nitrogens with one attached hydrogen (secondary N) is 2. The van der Waals surface area contributed by atoms with Gasteiger partial charge in [0.25, 0.3) is 5.91 Å². The average molecular weight is 265 g/mol. The zero-order valence-corrected chi connectivity index (χ0v) is 10.1. The van der Waals surface area contributed by atoms with Crippen LogP contribution in [0.25, 0.3) is 0 Å². The molecule has 0 unspecified atom stereocenters. The van der Waals surface area contributed by atoms with E-state index in [1.165, 1.54) is 23.9 Å². The molecule has 0 bridgehead atoms. The van der Waals surface area contributed by atoms with Crippen molar-refractivity contribution < 1.29 is 14.7 Å². The lowest BCUT2D eigenvalue weighted by atomic mass is 10.1. The third-order valence-corrected chi connectivity index (χ3v) is 3.05. The molecule has 6 nitrogen and oxygen atoms in total. The first-order valence-corrected chi connectivity index (χ1v) is 6.14. The first-order valence-electron chi connectivity index (χ1n) is 5.20. The Morgan fingerprint density at radius 2 is 2.39 bits per heavy atom. The number of aromatic nitrogens is 2. The first kappa shape index (κ1) is 12.3. The summed E-state index contributed by atoms with van der Waals surface area (Å²) in [7, 11) is 0. The highest BCUT2D eigenvalue weighted by molar-refractivity contribution is 7.08. The Balaban J connectivity index is 2.03. The molecular formula is C11H11N3O3S. The second-order valence-corrected chi connectivity index (χ2v) is 4.44. The zero-order valence-electron chi connectivity index (χ0n) is 9.29. The van der Waals surface area contributed by atoms with Crippen LogP contribution in [0, 0.1) is 0 Å². The standard InChI is InChI=1S/C11H11N3O3S/c15-10(7-1-2-18-5-7)14-9(11(16)17)3-8-4-12-6-13-8/h1-2,4-6,9H,3H2,(H,12,13)(H,14,15)(H,16,17)/t9-/m1/s1. The predicted octanol–water partition coefficient (Wildman–Crippen LogP) is 0.897. The summed E-state index contributed by atoms with van der Waals surface area (Å²) in [6.45, 7) is 0. The molecule has 0 saturated carbocycles. The van der Waals surface area contributed by atoms with Gasteiger partial charge in [0.2, 0.25) is 0 Å². The quantitative estimate of drug-likeness (QED) is 0.748. The van der Waals surface area contributed by atoms with Crippen LogP contribution in [0.2, 0.25) is 0 Å². The molecule has 1 amide bonds. The molecule has 0 aliphatic carbocycles. The summed E-state index contributed by atoms with van der Waals surface area (Å²) in [5.41, 5.74) is 1.13. The molecule has 0 aliphatic heterocycles. The van der Waals surface area contributed by atoms with Gasteiger partial charge in [-0.3, -0.25) is 4.79 Å². The monoisotopic (exact) mass is 265 g/mol. The second-order valence-electron chi connectivity index (χ2n) is 3.66. The van der Waals surface area contributed by atoms with Gasteiger partial charge in [-0.2, -0.15) is 11.3 Å². The fraction of sp³-hybridized carbons (Fsp3) is 0.182. The topological polar surface area (TPSA) is 95.1 Å². The third kappa shape index (κ3) is 2.95. The molecule has 94 valence electrons. The van der Waals surface area contributed by atoms with Crippen LogP contribution in [0.15, 0.2) is 29.4 Å². The number of hydrogen-bond acceptors (Lipinski definition) is 4. The molecule has 3 N–H and O–H groups in total. The summed E-state index contributed by atoms with van der Waals surface area (Å²) in [5.74, 6) is -1.46. The van der Waals surface area contributed by atoms with Crippen molar-refractivity contribution in [2.75, 3.05) is 0 Å². The van der Waals surface area contributed by atoms with Crippen molar-refractivity contribution in [2.45, 2.75) is 12.5 Å². The summed E-state index contributed by atoms with van der Waals surface area (Å²) < 4.78 is 0. The van der Waals surface area contributed by atoms with E-state index in [1.807, 2.05) is 0 Å². The minimum Gasteiger partial charge on any atom is -0.480 e. The second kappa shape index (κ2) is 5.46. The van der Waals surface area contributed by atoms with Gasteiger partial charge in [-0.05, 0) is 11.4 Å². The molecule has 0 radical (unpaired) electrons. The van der Waals surface area contributed by atoms with Crippen LogP contribution in [0.5, 0.6) is 0 Å². The average Bonchev–Trinajstić information content (AvgIpc) is 3.00. The highest BCUT2D eigenvalue weighted by Gasteiger charge is 2.21. The SMILES string of the molecule is O=C(N[C@H](Cc1cnc[nH]1)C(=O)O)c1ccsc1. The largest absolute Gasteiger partial charge is 0.480 e. The Hall–Kier alpha value is -2.15. The summed E-state index contributed by atoms with van der Waals surface area (Å²) >= 11 is 1.38. The number of imidazole rings is 1. The number of carboxylic acid groups (broad SMARTS) is 1. The Bertz CT molecular complexity index is 522. The van der Waals surface area contributed by atoms with Crippen molar-refractivity contribution in [3.8, 4) is 0 Å². The van der Waals surface area contributed by atoms with Gasteiger partial charge >= 0.3 is 5.97 Å². The highest BCUT2D eigenvalue weighted by atomic mass is 32.1. The van der Waals surface area contributed by atoms with Crippen molar-refractivity contribution >= 4 is 23.2 Å². The summed E-state index contributed by atoms with van der Waals surface area (Å²) in [4.78, 5) is 29.5. The minimum atomic E-state index is -1.08. The van der Waals surface area contributed by atoms with Crippen LogP contribution in [-0.2, 0) is 11.2 Å². The molecule has 18 heavy (non-hydrogen) atoms. The number of H-pyrrole nitrogens is 1. The fourth-order valence-corrected chi connectivity index (χ4v) is 2.09. The third-order valence-electron chi connectivity index (χ3n) is 2.37. The number of carbonyl (C=O) groups is 2. The van der Waals surface area contributed by atoms with Crippen LogP contribution < -0.4 is 5.32 Å². The van der Waals surface area contributed by atoms with Crippen molar-refractivity contribution in [2.24, 2.45) is 0 Å². The zero-order chi connectivity index (χ0) is 13.0. The van der Waals surface area contributed by atoms with E-state index in [-0.39, 0.29) is 12.3 Å². The maximum absolute atomic E-state index is 11.8. The fourth-order valence-electron chi connectivity index (χ4n) is 1.45. The number of amides is 1. The Morgan fingerprint density at radius 3 is 2.94 bits per heavy atom. The van der Waals surface area contributed by atoms with E-state index in [2.05, 4.69) is 15.3 Å². The Morgan fingerprint density at radius 1 is 1.56 bits per heavy atom.